The van der Waals surface area contributed by atoms with E-state index >= 15 is 0 Å². The molecule has 0 radical (unpaired) electrons. The van der Waals surface area contributed by atoms with Crippen molar-refractivity contribution in [1.29, 1.82) is 5.26 Å². The van der Waals surface area contributed by atoms with Gasteiger partial charge in [-0.05, 0) is 48.7 Å². The van der Waals surface area contributed by atoms with Crippen LogP contribution in [-0.2, 0) is 19.4 Å². The molecule has 1 aromatic heterocycles. The lowest BCUT2D eigenvalue weighted by atomic mass is 10.0. The maximum Gasteiger partial charge on any atom is 0.226 e. The van der Waals surface area contributed by atoms with E-state index in [1.54, 1.807) is 0 Å². The number of hydrogen-bond acceptors (Lipinski definition) is 6. The molecule has 0 saturated heterocycles. The molecule has 0 saturated carbocycles. The summed E-state index contributed by atoms with van der Waals surface area (Å²) in [6.07, 6.45) is 1.77. The van der Waals surface area contributed by atoms with Gasteiger partial charge in [-0.1, -0.05) is 60.7 Å². The largest absolute Gasteiger partial charge is 0.493 e. The molecule has 37 heavy (non-hydrogen) atoms. The minimum atomic E-state index is -0.0747. The van der Waals surface area contributed by atoms with Crippen LogP contribution < -0.4 is 4.74 Å². The van der Waals surface area contributed by atoms with Gasteiger partial charge in [-0.3, -0.25) is 4.90 Å². The molecular formula is C31H33N3O3. The molecule has 0 spiro atoms. The molecule has 0 fully saturated rings. The van der Waals surface area contributed by atoms with Crippen LogP contribution in [0.3, 0.4) is 0 Å². The number of aliphatic hydroxyl groups excluding tert-OH is 1. The average molecular weight is 496 g/mol. The van der Waals surface area contributed by atoms with Gasteiger partial charge in [0, 0.05) is 37.5 Å². The van der Waals surface area contributed by atoms with Crippen LogP contribution in [0.5, 0.6) is 5.75 Å². The molecule has 0 bridgehead atoms. The van der Waals surface area contributed by atoms with Crippen molar-refractivity contribution in [3.8, 4) is 23.3 Å². The highest BCUT2D eigenvalue weighted by Gasteiger charge is 2.19. The first-order chi connectivity index (χ1) is 18.2. The summed E-state index contributed by atoms with van der Waals surface area (Å²) in [5.41, 5.74) is 4.14. The predicted octanol–water partition coefficient (Wildman–Crippen LogP) is 5.59. The van der Waals surface area contributed by atoms with Crippen LogP contribution in [0.2, 0.25) is 0 Å². The Bertz CT molecular complexity index is 1260. The Balaban J connectivity index is 1.32. The van der Waals surface area contributed by atoms with Crippen molar-refractivity contribution in [1.82, 2.24) is 9.88 Å². The molecule has 1 atom stereocenters. The summed E-state index contributed by atoms with van der Waals surface area (Å²) in [5.74, 6) is 2.23. The summed E-state index contributed by atoms with van der Waals surface area (Å²) >= 11 is 0. The van der Waals surface area contributed by atoms with E-state index in [0.29, 0.717) is 44.8 Å². The lowest BCUT2D eigenvalue weighted by Crippen LogP contribution is -2.39. The van der Waals surface area contributed by atoms with Gasteiger partial charge in [-0.25, -0.2) is 4.98 Å². The molecule has 1 heterocycles. The maximum atomic E-state index is 10.1. The predicted molar refractivity (Wildman–Crippen MR) is 144 cm³/mol. The first-order valence-corrected chi connectivity index (χ1v) is 12.7. The smallest absolute Gasteiger partial charge is 0.226 e. The fourth-order valence-electron chi connectivity index (χ4n) is 4.33. The highest BCUT2D eigenvalue weighted by Crippen LogP contribution is 2.22. The van der Waals surface area contributed by atoms with Crippen LogP contribution in [0.25, 0.3) is 11.5 Å². The summed E-state index contributed by atoms with van der Waals surface area (Å²) in [6.45, 7) is 3.77. The molecule has 0 unspecified atom stereocenters. The van der Waals surface area contributed by atoms with Crippen LogP contribution >= 0.6 is 0 Å². The Morgan fingerprint density at radius 1 is 0.973 bits per heavy atom. The van der Waals surface area contributed by atoms with Crippen molar-refractivity contribution >= 4 is 0 Å². The zero-order chi connectivity index (χ0) is 25.9. The third-order valence-corrected chi connectivity index (χ3v) is 6.38. The Labute approximate surface area is 218 Å². The fourth-order valence-corrected chi connectivity index (χ4v) is 4.33. The number of hydrogen-bond donors (Lipinski definition) is 1. The Hall–Kier alpha value is -3.92. The minimum Gasteiger partial charge on any atom is -0.493 e. The van der Waals surface area contributed by atoms with Gasteiger partial charge < -0.3 is 14.3 Å². The molecule has 1 N–H and O–H groups in total. The molecular weight excluding hydrogens is 462 g/mol. The lowest BCUT2D eigenvalue weighted by Gasteiger charge is -2.30. The molecule has 6 nitrogen and oxygen atoms in total. The molecule has 3 aromatic carbocycles. The van der Waals surface area contributed by atoms with E-state index in [-0.39, 0.29) is 12.6 Å². The van der Waals surface area contributed by atoms with E-state index in [0.717, 1.165) is 28.3 Å². The minimum absolute atomic E-state index is 0.0263. The van der Waals surface area contributed by atoms with E-state index in [9.17, 15) is 5.11 Å². The molecule has 0 aliphatic rings. The van der Waals surface area contributed by atoms with E-state index in [4.69, 9.17) is 14.4 Å². The third-order valence-electron chi connectivity index (χ3n) is 6.38. The SMILES string of the molecule is Cc1oc(-c2ccccc2)nc1CCOc1ccc(C[C@@H](CO)N(CCC#N)Cc2ccccc2)cc1. The third kappa shape index (κ3) is 7.53. The topological polar surface area (TPSA) is 82.5 Å². The second-order valence-electron chi connectivity index (χ2n) is 9.04. The van der Waals surface area contributed by atoms with Gasteiger partial charge >= 0.3 is 0 Å². The summed E-state index contributed by atoms with van der Waals surface area (Å²) in [4.78, 5) is 6.83. The molecule has 0 amide bonds. The van der Waals surface area contributed by atoms with Crippen molar-refractivity contribution in [3.63, 3.8) is 0 Å². The zero-order valence-electron chi connectivity index (χ0n) is 21.2. The van der Waals surface area contributed by atoms with Crippen molar-refractivity contribution < 1.29 is 14.3 Å². The van der Waals surface area contributed by atoms with Crippen molar-refractivity contribution in [2.24, 2.45) is 0 Å². The van der Waals surface area contributed by atoms with E-state index in [1.807, 2.05) is 79.7 Å². The van der Waals surface area contributed by atoms with Crippen LogP contribution in [0, 0.1) is 18.3 Å². The Morgan fingerprint density at radius 2 is 1.68 bits per heavy atom. The second kappa shape index (κ2) is 13.4. The number of nitriles is 1. The monoisotopic (exact) mass is 495 g/mol. The van der Waals surface area contributed by atoms with E-state index in [2.05, 4.69) is 28.1 Å². The Kier molecular flexibility index (Phi) is 9.47. The average Bonchev–Trinajstić information content (AvgIpc) is 3.32. The fraction of sp³-hybridized carbons (Fsp3) is 0.290. The van der Waals surface area contributed by atoms with Crippen LogP contribution in [0.1, 0.15) is 29.0 Å². The number of aliphatic hydroxyl groups is 1. The maximum absolute atomic E-state index is 10.1. The number of benzene rings is 3. The van der Waals surface area contributed by atoms with Crippen LogP contribution in [-0.4, -0.2) is 40.8 Å². The number of nitrogens with zero attached hydrogens (tertiary/aromatic N) is 3. The van der Waals surface area contributed by atoms with Crippen LogP contribution in [0.4, 0.5) is 0 Å². The number of rotatable bonds is 13. The van der Waals surface area contributed by atoms with Gasteiger partial charge in [0.05, 0.1) is 25.0 Å². The summed E-state index contributed by atoms with van der Waals surface area (Å²) < 4.78 is 11.8. The number of aryl methyl sites for hydroxylation is 1. The molecule has 0 aliphatic heterocycles. The summed E-state index contributed by atoms with van der Waals surface area (Å²) in [6, 6.07) is 30.2. The van der Waals surface area contributed by atoms with Gasteiger partial charge in [0.1, 0.15) is 11.5 Å². The number of ether oxygens (including phenoxy) is 1. The van der Waals surface area contributed by atoms with Gasteiger partial charge in [0.2, 0.25) is 5.89 Å². The van der Waals surface area contributed by atoms with Gasteiger partial charge in [-0.15, -0.1) is 0 Å². The first kappa shape index (κ1) is 26.2. The first-order valence-electron chi connectivity index (χ1n) is 12.7. The van der Waals surface area contributed by atoms with Gasteiger partial charge in [0.25, 0.3) is 0 Å². The van der Waals surface area contributed by atoms with E-state index in [1.165, 1.54) is 5.56 Å². The highest BCUT2D eigenvalue weighted by atomic mass is 16.5. The van der Waals surface area contributed by atoms with Gasteiger partial charge in [0.15, 0.2) is 0 Å². The molecule has 4 aromatic rings. The van der Waals surface area contributed by atoms with Gasteiger partial charge in [-0.2, -0.15) is 5.26 Å². The molecule has 190 valence electrons. The summed E-state index contributed by atoms with van der Waals surface area (Å²) in [7, 11) is 0. The standard InChI is InChI=1S/C31H33N3O3/c1-24-30(33-31(37-24)27-11-6-3-7-12-27)17-20-36-29-15-13-25(14-16-29)21-28(23-35)34(19-8-18-32)22-26-9-4-2-5-10-26/h2-7,9-16,28,35H,8,17,19-23H2,1H3/t28-/m0/s1. The zero-order valence-corrected chi connectivity index (χ0v) is 21.2. The lowest BCUT2D eigenvalue weighted by molar-refractivity contribution is 0.118. The quantitative estimate of drug-likeness (QED) is 0.260. The van der Waals surface area contributed by atoms with E-state index < -0.39 is 0 Å². The van der Waals surface area contributed by atoms with Crippen LogP contribution in [0.15, 0.2) is 89.3 Å². The number of oxazole rings is 1. The number of aromatic nitrogens is 1. The van der Waals surface area contributed by atoms with Crippen molar-refractivity contribution in [2.45, 2.75) is 38.8 Å². The molecule has 6 heteroatoms. The van der Waals surface area contributed by atoms with Crippen molar-refractivity contribution in [3.05, 3.63) is 108 Å². The summed E-state index contributed by atoms with van der Waals surface area (Å²) in [5, 5.41) is 19.3. The molecule has 0 aliphatic carbocycles. The van der Waals surface area contributed by atoms with Crippen molar-refractivity contribution in [2.75, 3.05) is 19.8 Å². The Morgan fingerprint density at radius 3 is 2.35 bits per heavy atom. The normalized spacial score (nSPS) is 11.8. The highest BCUT2D eigenvalue weighted by molar-refractivity contribution is 5.53. The molecule has 4 rings (SSSR count). The second-order valence-corrected chi connectivity index (χ2v) is 9.04.